The van der Waals surface area contributed by atoms with E-state index in [2.05, 4.69) is 4.90 Å². The molecule has 6 heteroatoms. The van der Waals surface area contributed by atoms with Crippen LogP contribution in [0, 0.1) is 0 Å². The van der Waals surface area contributed by atoms with E-state index in [9.17, 15) is 9.59 Å². The third-order valence-corrected chi connectivity index (χ3v) is 3.51. The molecule has 1 saturated heterocycles. The summed E-state index contributed by atoms with van der Waals surface area (Å²) in [6, 6.07) is -1.25. The summed E-state index contributed by atoms with van der Waals surface area (Å²) in [7, 11) is 4.01. The van der Waals surface area contributed by atoms with Crippen LogP contribution >= 0.6 is 0 Å². The Balaban J connectivity index is 2.37. The van der Waals surface area contributed by atoms with E-state index in [0.717, 1.165) is 25.8 Å². The zero-order valence-electron chi connectivity index (χ0n) is 11.8. The first-order chi connectivity index (χ1) is 8.93. The molecule has 0 bridgehead atoms. The second-order valence-corrected chi connectivity index (χ2v) is 5.43. The molecule has 1 aliphatic rings. The van der Waals surface area contributed by atoms with Crippen LogP contribution in [0.2, 0.25) is 0 Å². The Morgan fingerprint density at radius 1 is 1.42 bits per heavy atom. The maximum absolute atomic E-state index is 12.1. The molecule has 3 N–H and O–H groups in total. The third kappa shape index (κ3) is 4.80. The van der Waals surface area contributed by atoms with Crippen LogP contribution in [0.5, 0.6) is 0 Å². The van der Waals surface area contributed by atoms with Crippen molar-refractivity contribution in [2.24, 2.45) is 5.73 Å². The number of nitrogens with two attached hydrogens (primary N) is 1. The molecule has 1 amide bonds. The molecule has 0 radical (unpaired) electrons. The number of nitrogens with zero attached hydrogens (tertiary/aromatic N) is 2. The van der Waals surface area contributed by atoms with Gasteiger partial charge in [0, 0.05) is 6.54 Å². The number of unbranched alkanes of at least 4 members (excludes halogenated alkanes) is 1. The van der Waals surface area contributed by atoms with Gasteiger partial charge in [-0.15, -0.1) is 0 Å². The molecule has 1 fully saturated rings. The zero-order chi connectivity index (χ0) is 14.4. The quantitative estimate of drug-likeness (QED) is 0.642. The summed E-state index contributed by atoms with van der Waals surface area (Å²) >= 11 is 0. The van der Waals surface area contributed by atoms with Crippen molar-refractivity contribution < 1.29 is 14.7 Å². The van der Waals surface area contributed by atoms with Gasteiger partial charge in [0.15, 0.2) is 0 Å². The maximum atomic E-state index is 12.1. The molecule has 6 nitrogen and oxygen atoms in total. The van der Waals surface area contributed by atoms with Gasteiger partial charge in [-0.05, 0) is 46.3 Å². The minimum absolute atomic E-state index is 0.213. The number of carboxylic acids is 1. The van der Waals surface area contributed by atoms with E-state index in [1.165, 1.54) is 4.90 Å². The number of carbonyl (C=O) groups is 2. The maximum Gasteiger partial charge on any atom is 0.326 e. The van der Waals surface area contributed by atoms with Gasteiger partial charge in [0.1, 0.15) is 6.04 Å². The smallest absolute Gasteiger partial charge is 0.326 e. The summed E-state index contributed by atoms with van der Waals surface area (Å²) in [5.41, 5.74) is 5.88. The first-order valence-electron chi connectivity index (χ1n) is 6.87. The summed E-state index contributed by atoms with van der Waals surface area (Å²) in [5.74, 6) is -1.14. The fourth-order valence-corrected chi connectivity index (χ4v) is 2.42. The molecular weight excluding hydrogens is 246 g/mol. The van der Waals surface area contributed by atoms with Crippen LogP contribution in [0.25, 0.3) is 0 Å². The molecule has 0 aromatic rings. The van der Waals surface area contributed by atoms with Gasteiger partial charge < -0.3 is 20.6 Å². The molecule has 0 aliphatic carbocycles. The number of aliphatic carboxylic acids is 1. The lowest BCUT2D eigenvalue weighted by molar-refractivity contribution is -0.148. The van der Waals surface area contributed by atoms with Crippen molar-refractivity contribution in [3.8, 4) is 0 Å². The van der Waals surface area contributed by atoms with Crippen LogP contribution in [0.3, 0.4) is 0 Å². The predicted octanol–water partition coefficient (Wildman–Crippen LogP) is 0.121. The second kappa shape index (κ2) is 7.45. The van der Waals surface area contributed by atoms with E-state index < -0.39 is 18.1 Å². The first kappa shape index (κ1) is 15.9. The fraction of sp³-hybridized carbons (Fsp3) is 0.846. The lowest BCUT2D eigenvalue weighted by atomic mass is 10.1. The van der Waals surface area contributed by atoms with Crippen molar-refractivity contribution in [1.82, 2.24) is 9.80 Å². The van der Waals surface area contributed by atoms with Gasteiger partial charge >= 0.3 is 5.97 Å². The monoisotopic (exact) mass is 271 g/mol. The van der Waals surface area contributed by atoms with E-state index in [0.29, 0.717) is 19.4 Å². The van der Waals surface area contributed by atoms with Gasteiger partial charge in [0.2, 0.25) is 5.91 Å². The van der Waals surface area contributed by atoms with Crippen LogP contribution in [-0.2, 0) is 9.59 Å². The van der Waals surface area contributed by atoms with Gasteiger partial charge in [-0.1, -0.05) is 6.42 Å². The molecule has 0 aromatic heterocycles. The Bertz CT molecular complexity index is 320. The van der Waals surface area contributed by atoms with Gasteiger partial charge in [0.25, 0.3) is 0 Å². The van der Waals surface area contributed by atoms with Gasteiger partial charge in [-0.2, -0.15) is 0 Å². The first-order valence-corrected chi connectivity index (χ1v) is 6.87. The topological polar surface area (TPSA) is 86.9 Å². The van der Waals surface area contributed by atoms with Crippen molar-refractivity contribution in [3.05, 3.63) is 0 Å². The van der Waals surface area contributed by atoms with Crippen molar-refractivity contribution in [3.63, 3.8) is 0 Å². The second-order valence-electron chi connectivity index (χ2n) is 5.43. The van der Waals surface area contributed by atoms with Crippen LogP contribution < -0.4 is 5.73 Å². The highest BCUT2D eigenvalue weighted by Crippen LogP contribution is 2.19. The fourth-order valence-electron chi connectivity index (χ4n) is 2.42. The average Bonchev–Trinajstić information content (AvgIpc) is 2.82. The number of likely N-dealkylation sites (tertiary alicyclic amines) is 1. The number of rotatable bonds is 7. The highest BCUT2D eigenvalue weighted by Gasteiger charge is 2.35. The van der Waals surface area contributed by atoms with Gasteiger partial charge in [-0.25, -0.2) is 4.79 Å². The molecule has 1 rings (SSSR count). The molecule has 2 atom stereocenters. The van der Waals surface area contributed by atoms with Crippen molar-refractivity contribution >= 4 is 11.9 Å². The summed E-state index contributed by atoms with van der Waals surface area (Å²) in [4.78, 5) is 26.7. The van der Waals surface area contributed by atoms with E-state index >= 15 is 0 Å². The molecule has 19 heavy (non-hydrogen) atoms. The summed E-state index contributed by atoms with van der Waals surface area (Å²) in [6.07, 6.45) is 3.78. The summed E-state index contributed by atoms with van der Waals surface area (Å²) < 4.78 is 0. The van der Waals surface area contributed by atoms with Gasteiger partial charge in [0.05, 0.1) is 6.04 Å². The molecule has 110 valence electrons. The summed E-state index contributed by atoms with van der Waals surface area (Å²) in [6.45, 7) is 1.49. The standard InChI is InChI=1S/C13H25N3O3/c1-15(2)8-4-3-6-10(14)12(17)16-9-5-7-11(16)13(18)19/h10-11H,3-9,14H2,1-2H3,(H,18,19)/t10-,11-/m0/s1. The number of hydrogen-bond acceptors (Lipinski definition) is 4. The lowest BCUT2D eigenvalue weighted by Crippen LogP contribution is -2.48. The minimum Gasteiger partial charge on any atom is -0.480 e. The Labute approximate surface area is 114 Å². The molecule has 1 aliphatic heterocycles. The van der Waals surface area contributed by atoms with Crippen molar-refractivity contribution in [1.29, 1.82) is 0 Å². The molecule has 1 heterocycles. The highest BCUT2D eigenvalue weighted by atomic mass is 16.4. The normalized spacial score (nSPS) is 20.8. The van der Waals surface area contributed by atoms with Crippen LogP contribution in [0.4, 0.5) is 0 Å². The molecule has 0 saturated carbocycles. The Morgan fingerprint density at radius 3 is 2.68 bits per heavy atom. The summed E-state index contributed by atoms with van der Waals surface area (Å²) in [5, 5.41) is 9.05. The Kier molecular flexibility index (Phi) is 6.24. The van der Waals surface area contributed by atoms with Crippen LogP contribution in [0.15, 0.2) is 0 Å². The molecule has 0 aromatic carbocycles. The molecular formula is C13H25N3O3. The van der Waals surface area contributed by atoms with Crippen molar-refractivity contribution in [2.75, 3.05) is 27.2 Å². The third-order valence-electron chi connectivity index (χ3n) is 3.51. The molecule has 0 spiro atoms. The van der Waals surface area contributed by atoms with E-state index in [4.69, 9.17) is 10.8 Å². The lowest BCUT2D eigenvalue weighted by Gasteiger charge is -2.24. The van der Waals surface area contributed by atoms with Crippen LogP contribution in [0.1, 0.15) is 32.1 Å². The highest BCUT2D eigenvalue weighted by molar-refractivity contribution is 5.87. The van der Waals surface area contributed by atoms with E-state index in [-0.39, 0.29) is 5.91 Å². The van der Waals surface area contributed by atoms with Gasteiger partial charge in [-0.3, -0.25) is 4.79 Å². The van der Waals surface area contributed by atoms with Crippen LogP contribution in [-0.4, -0.2) is 66.1 Å². The van der Waals surface area contributed by atoms with E-state index in [1.807, 2.05) is 14.1 Å². The van der Waals surface area contributed by atoms with E-state index in [1.54, 1.807) is 0 Å². The predicted molar refractivity (Wildman–Crippen MR) is 72.8 cm³/mol. The van der Waals surface area contributed by atoms with Crippen molar-refractivity contribution in [2.45, 2.75) is 44.2 Å². The average molecular weight is 271 g/mol. The largest absolute Gasteiger partial charge is 0.480 e. The molecule has 0 unspecified atom stereocenters. The minimum atomic E-state index is -0.925. The zero-order valence-corrected chi connectivity index (χ0v) is 11.8. The number of hydrogen-bond donors (Lipinski definition) is 2. The Morgan fingerprint density at radius 2 is 2.11 bits per heavy atom. The number of carbonyl (C=O) groups excluding carboxylic acids is 1. The SMILES string of the molecule is CN(C)CCCC[C@H](N)C(=O)N1CCC[C@H]1C(=O)O. The number of amides is 1. The number of carboxylic acid groups (broad SMARTS) is 1. The Hall–Kier alpha value is -1.14.